The maximum Gasteiger partial charge on any atom is 0.456 e. The van der Waals surface area contributed by atoms with Gasteiger partial charge in [-0.25, -0.2) is 4.39 Å². The quantitative estimate of drug-likeness (QED) is 0.216. The number of rotatable bonds is 10. The molecule has 0 aromatic heterocycles. The zero-order chi connectivity index (χ0) is 17.2. The van der Waals surface area contributed by atoms with Gasteiger partial charge < -0.3 is 39.2 Å². The van der Waals surface area contributed by atoms with Crippen LogP contribution in [0.5, 0.6) is 0 Å². The Labute approximate surface area is 148 Å². The van der Waals surface area contributed by atoms with Crippen LogP contribution >= 0.6 is 0 Å². The lowest BCUT2D eigenvalue weighted by atomic mass is 9.69. The molecule has 2 atom stereocenters. The standard InChI is InChI=1S/C15H25BFN3O3.ClH/c17-13-6-4-11(5-7-13)9-12(16(22)23)10-20-15(21)14(19)3-1-2-8-18;/h4-7,12,14,22-23H,1-3,8-10,18-19H2,(H,20,21);1H/t12?,14-;/m0./s1. The van der Waals surface area contributed by atoms with Crippen molar-refractivity contribution in [3.8, 4) is 0 Å². The molecule has 0 aliphatic rings. The Bertz CT molecular complexity index is 480. The van der Waals surface area contributed by atoms with Gasteiger partial charge in [-0.05, 0) is 43.5 Å². The number of carbonyl (C=O) groups is 1. The highest BCUT2D eigenvalue weighted by Gasteiger charge is 2.26. The number of unbranched alkanes of at least 4 members (excludes halogenated alkanes) is 1. The zero-order valence-electron chi connectivity index (χ0n) is 13.6. The first-order chi connectivity index (χ1) is 10.9. The molecule has 0 radical (unpaired) electrons. The van der Waals surface area contributed by atoms with Crippen LogP contribution < -0.4 is 29.2 Å². The van der Waals surface area contributed by atoms with E-state index in [0.29, 0.717) is 19.4 Å². The minimum atomic E-state index is -1.57. The number of nitrogens with one attached hydrogen (secondary N) is 1. The molecule has 1 aromatic rings. The predicted molar refractivity (Wildman–Crippen MR) is 86.6 cm³/mol. The summed E-state index contributed by atoms with van der Waals surface area (Å²) >= 11 is 0. The van der Waals surface area contributed by atoms with Crippen LogP contribution in [0, 0.1) is 5.82 Å². The maximum absolute atomic E-state index is 12.9. The SMILES string of the molecule is NCCCC[C@H]([NH3+])C(=O)NCC(Cc1ccc(F)cc1)B(O)O.[Cl-]. The van der Waals surface area contributed by atoms with Crippen LogP contribution in [0.3, 0.4) is 0 Å². The third-order valence-electron chi connectivity index (χ3n) is 3.75. The minimum Gasteiger partial charge on any atom is -1.00 e. The summed E-state index contributed by atoms with van der Waals surface area (Å²) in [6.45, 7) is 0.710. The highest BCUT2D eigenvalue weighted by molar-refractivity contribution is 6.43. The van der Waals surface area contributed by atoms with E-state index in [9.17, 15) is 19.2 Å². The van der Waals surface area contributed by atoms with Crippen LogP contribution in [0.1, 0.15) is 24.8 Å². The normalized spacial score (nSPS) is 12.9. The highest BCUT2D eigenvalue weighted by Crippen LogP contribution is 2.15. The maximum atomic E-state index is 12.9. The molecule has 0 heterocycles. The van der Waals surface area contributed by atoms with Gasteiger partial charge in [-0.1, -0.05) is 12.1 Å². The number of hydrogen-bond donors (Lipinski definition) is 5. The molecular formula is C15H26BClFN3O3. The molecule has 24 heavy (non-hydrogen) atoms. The van der Waals surface area contributed by atoms with E-state index in [-0.39, 0.29) is 36.7 Å². The molecule has 0 aliphatic carbocycles. The van der Waals surface area contributed by atoms with Gasteiger partial charge in [-0.15, -0.1) is 0 Å². The molecule has 0 fully saturated rings. The third kappa shape index (κ3) is 8.61. The summed E-state index contributed by atoms with van der Waals surface area (Å²) in [6.07, 6.45) is 2.65. The fourth-order valence-electron chi connectivity index (χ4n) is 2.25. The molecule has 0 saturated carbocycles. The van der Waals surface area contributed by atoms with Crippen LogP contribution in [0.15, 0.2) is 24.3 Å². The first-order valence-electron chi connectivity index (χ1n) is 7.85. The van der Waals surface area contributed by atoms with E-state index in [1.807, 2.05) is 0 Å². The third-order valence-corrected chi connectivity index (χ3v) is 3.75. The van der Waals surface area contributed by atoms with E-state index in [1.165, 1.54) is 12.1 Å². The Morgan fingerprint density at radius 3 is 2.46 bits per heavy atom. The molecule has 1 aromatic carbocycles. The van der Waals surface area contributed by atoms with Crippen LogP contribution in [0.2, 0.25) is 5.82 Å². The number of benzene rings is 1. The van der Waals surface area contributed by atoms with Crippen LogP contribution in [0.4, 0.5) is 4.39 Å². The van der Waals surface area contributed by atoms with Gasteiger partial charge in [0.1, 0.15) is 5.82 Å². The van der Waals surface area contributed by atoms with Crippen LogP contribution in [0.25, 0.3) is 0 Å². The van der Waals surface area contributed by atoms with Crippen molar-refractivity contribution < 1.29 is 37.4 Å². The van der Waals surface area contributed by atoms with Crippen molar-refractivity contribution in [2.75, 3.05) is 13.1 Å². The average molecular weight is 362 g/mol. The van der Waals surface area contributed by atoms with Crippen molar-refractivity contribution in [3.05, 3.63) is 35.6 Å². The molecule has 6 nitrogen and oxygen atoms in total. The van der Waals surface area contributed by atoms with E-state index in [2.05, 4.69) is 11.1 Å². The van der Waals surface area contributed by atoms with E-state index in [1.54, 1.807) is 12.1 Å². The first kappa shape index (κ1) is 22.8. The number of hydrogen-bond acceptors (Lipinski definition) is 4. The molecule has 136 valence electrons. The van der Waals surface area contributed by atoms with E-state index < -0.39 is 12.9 Å². The van der Waals surface area contributed by atoms with E-state index >= 15 is 0 Å². The van der Waals surface area contributed by atoms with E-state index in [4.69, 9.17) is 5.73 Å². The lowest BCUT2D eigenvalue weighted by molar-refractivity contribution is -0.405. The van der Waals surface area contributed by atoms with Gasteiger partial charge in [0.25, 0.3) is 5.91 Å². The van der Waals surface area contributed by atoms with Crippen molar-refractivity contribution >= 4 is 13.0 Å². The summed E-state index contributed by atoms with van der Waals surface area (Å²) in [5.74, 6) is -1.13. The van der Waals surface area contributed by atoms with Gasteiger partial charge in [-0.3, -0.25) is 4.79 Å². The van der Waals surface area contributed by atoms with Gasteiger partial charge >= 0.3 is 7.12 Å². The molecule has 1 amide bonds. The van der Waals surface area contributed by atoms with Gasteiger partial charge in [0.2, 0.25) is 0 Å². The first-order valence-corrected chi connectivity index (χ1v) is 7.85. The van der Waals surface area contributed by atoms with E-state index in [0.717, 1.165) is 18.4 Å². The molecule has 0 spiro atoms. The molecule has 0 bridgehead atoms. The number of amides is 1. The largest absolute Gasteiger partial charge is 1.00 e. The van der Waals surface area contributed by atoms with Crippen molar-refractivity contribution in [1.29, 1.82) is 0 Å². The molecule has 0 saturated heterocycles. The van der Waals surface area contributed by atoms with Crippen LogP contribution in [-0.4, -0.2) is 42.2 Å². The molecule has 0 aliphatic heterocycles. The van der Waals surface area contributed by atoms with Gasteiger partial charge in [0.15, 0.2) is 6.04 Å². The summed E-state index contributed by atoms with van der Waals surface area (Å²) in [4.78, 5) is 11.9. The molecule has 1 unspecified atom stereocenters. The molecular weight excluding hydrogens is 335 g/mol. The number of nitrogens with two attached hydrogens (primary N) is 1. The Morgan fingerprint density at radius 1 is 1.29 bits per heavy atom. The molecule has 1 rings (SSSR count). The Kier molecular flexibility index (Phi) is 11.6. The lowest BCUT2D eigenvalue weighted by Crippen LogP contribution is -3.00. The van der Waals surface area contributed by atoms with Crippen molar-refractivity contribution in [2.45, 2.75) is 37.5 Å². The number of halogens is 2. The Balaban J connectivity index is 0.00000529. The predicted octanol–water partition coefficient (Wildman–Crippen LogP) is -3.93. The fourth-order valence-corrected chi connectivity index (χ4v) is 2.25. The van der Waals surface area contributed by atoms with Gasteiger partial charge in [-0.2, -0.15) is 0 Å². The van der Waals surface area contributed by atoms with Crippen molar-refractivity contribution in [1.82, 2.24) is 5.32 Å². The highest BCUT2D eigenvalue weighted by atomic mass is 35.5. The summed E-state index contributed by atoms with van der Waals surface area (Å²) in [7, 11) is -1.57. The van der Waals surface area contributed by atoms with Crippen molar-refractivity contribution in [3.63, 3.8) is 0 Å². The summed E-state index contributed by atoms with van der Waals surface area (Å²) < 4.78 is 12.9. The second-order valence-electron chi connectivity index (χ2n) is 5.73. The Hall–Kier alpha value is -1.19. The average Bonchev–Trinajstić information content (AvgIpc) is 2.52. The second-order valence-corrected chi connectivity index (χ2v) is 5.73. The Morgan fingerprint density at radius 2 is 1.92 bits per heavy atom. The number of quaternary nitrogens is 1. The molecule has 8 N–H and O–H groups in total. The van der Waals surface area contributed by atoms with Gasteiger partial charge in [0.05, 0.1) is 0 Å². The van der Waals surface area contributed by atoms with Crippen molar-refractivity contribution in [2.24, 2.45) is 5.73 Å². The molecule has 9 heteroatoms. The lowest BCUT2D eigenvalue weighted by Gasteiger charge is -2.17. The minimum absolute atomic E-state index is 0. The summed E-state index contributed by atoms with van der Waals surface area (Å²) in [6, 6.07) is 5.42. The zero-order valence-corrected chi connectivity index (χ0v) is 14.4. The summed E-state index contributed by atoms with van der Waals surface area (Å²) in [5, 5.41) is 21.6. The monoisotopic (exact) mass is 361 g/mol. The topological polar surface area (TPSA) is 123 Å². The smallest absolute Gasteiger partial charge is 0.456 e. The second kappa shape index (κ2) is 12.2. The van der Waals surface area contributed by atoms with Crippen LogP contribution in [-0.2, 0) is 11.2 Å². The number of carbonyl (C=O) groups excluding carboxylic acids is 1. The summed E-state index contributed by atoms with van der Waals surface area (Å²) in [5.41, 5.74) is 9.98. The fraction of sp³-hybridized carbons (Fsp3) is 0.533. The van der Waals surface area contributed by atoms with Gasteiger partial charge in [0, 0.05) is 18.8 Å².